The second kappa shape index (κ2) is 9.98. The van der Waals surface area contributed by atoms with E-state index in [0.29, 0.717) is 5.56 Å². The first kappa shape index (κ1) is 18.2. The molecule has 0 amide bonds. The van der Waals surface area contributed by atoms with Gasteiger partial charge >= 0.3 is 11.9 Å². The fourth-order valence-corrected chi connectivity index (χ4v) is 2.22. The second-order valence-corrected chi connectivity index (χ2v) is 5.63. The highest BCUT2D eigenvalue weighted by Crippen LogP contribution is 2.17. The summed E-state index contributed by atoms with van der Waals surface area (Å²) < 4.78 is 4.82. The number of ether oxygens (including phenoxy) is 1. The van der Waals surface area contributed by atoms with Crippen LogP contribution in [0.3, 0.4) is 0 Å². The number of hydrogen-bond acceptors (Lipinski definition) is 4. The number of carbonyl (C=O) groups is 2. The normalized spacial score (nSPS) is 10.5. The van der Waals surface area contributed by atoms with E-state index in [1.165, 1.54) is 43.9 Å². The van der Waals surface area contributed by atoms with Gasteiger partial charge in [-0.2, -0.15) is 0 Å². The molecule has 0 saturated carbocycles. The minimum absolute atomic E-state index is 0.117. The average molecular weight is 306 g/mol. The number of unbranched alkanes of at least 4 members (excludes halogenated alkanes) is 6. The molecule has 0 aliphatic rings. The number of phenols is 1. The van der Waals surface area contributed by atoms with E-state index < -0.39 is 11.9 Å². The number of benzene rings is 1. The average Bonchev–Trinajstić information content (AvgIpc) is 2.49. The molecule has 122 valence electrons. The number of carbonyl (C=O) groups excluding carboxylic acids is 2. The van der Waals surface area contributed by atoms with E-state index in [2.05, 4.69) is 6.92 Å². The lowest BCUT2D eigenvalue weighted by Gasteiger charge is -2.05. The van der Waals surface area contributed by atoms with Crippen molar-refractivity contribution in [3.05, 3.63) is 29.3 Å². The first-order valence-electron chi connectivity index (χ1n) is 8.09. The molecule has 0 unspecified atom stereocenters. The number of phenolic OH excluding ortho intramolecular Hbond substituents is 1. The summed E-state index contributed by atoms with van der Waals surface area (Å²) in [6.07, 6.45) is 8.09. The zero-order valence-corrected chi connectivity index (χ0v) is 13.6. The van der Waals surface area contributed by atoms with Crippen LogP contribution in [0.2, 0.25) is 0 Å². The predicted octanol–water partition coefficient (Wildman–Crippen LogP) is 4.52. The summed E-state index contributed by atoms with van der Waals surface area (Å²) in [5.74, 6) is -1.02. The molecule has 0 fully saturated rings. The van der Waals surface area contributed by atoms with Crippen molar-refractivity contribution in [1.29, 1.82) is 0 Å². The lowest BCUT2D eigenvalue weighted by atomic mass is 10.1. The molecule has 0 heterocycles. The molecule has 0 aromatic heterocycles. The number of rotatable bonds is 9. The molecule has 22 heavy (non-hydrogen) atoms. The van der Waals surface area contributed by atoms with Gasteiger partial charge in [0.05, 0.1) is 5.56 Å². The summed E-state index contributed by atoms with van der Waals surface area (Å²) in [5.41, 5.74) is 0.859. The van der Waals surface area contributed by atoms with Crippen molar-refractivity contribution in [2.45, 2.75) is 65.2 Å². The third-order valence-corrected chi connectivity index (χ3v) is 3.62. The van der Waals surface area contributed by atoms with Gasteiger partial charge in [-0.25, -0.2) is 4.79 Å². The van der Waals surface area contributed by atoms with Gasteiger partial charge in [-0.05, 0) is 37.1 Å². The number of esters is 2. The summed E-state index contributed by atoms with van der Waals surface area (Å²) in [5, 5.41) is 9.41. The quantitative estimate of drug-likeness (QED) is 0.414. The Morgan fingerprint density at radius 2 is 1.68 bits per heavy atom. The van der Waals surface area contributed by atoms with Crippen molar-refractivity contribution in [1.82, 2.24) is 0 Å². The molecule has 0 atom stereocenters. The maximum absolute atomic E-state index is 11.8. The van der Waals surface area contributed by atoms with Gasteiger partial charge in [0, 0.05) is 6.42 Å². The van der Waals surface area contributed by atoms with Crippen LogP contribution in [-0.2, 0) is 9.53 Å². The van der Waals surface area contributed by atoms with E-state index in [1.54, 1.807) is 6.92 Å². The zero-order chi connectivity index (χ0) is 16.4. The maximum atomic E-state index is 11.8. The number of hydrogen-bond donors (Lipinski definition) is 1. The van der Waals surface area contributed by atoms with Crippen LogP contribution in [0.4, 0.5) is 0 Å². The summed E-state index contributed by atoms with van der Waals surface area (Å²) >= 11 is 0. The summed E-state index contributed by atoms with van der Waals surface area (Å²) in [7, 11) is 0. The Morgan fingerprint density at radius 1 is 1.05 bits per heavy atom. The van der Waals surface area contributed by atoms with Crippen molar-refractivity contribution in [2.24, 2.45) is 0 Å². The van der Waals surface area contributed by atoms with Crippen molar-refractivity contribution in [3.63, 3.8) is 0 Å². The van der Waals surface area contributed by atoms with Gasteiger partial charge in [-0.15, -0.1) is 0 Å². The van der Waals surface area contributed by atoms with Gasteiger partial charge in [-0.1, -0.05) is 45.4 Å². The molecular weight excluding hydrogens is 280 g/mol. The third kappa shape index (κ3) is 6.74. The molecule has 0 aliphatic carbocycles. The highest BCUT2D eigenvalue weighted by Gasteiger charge is 2.13. The number of aromatic hydroxyl groups is 1. The molecule has 4 heteroatoms. The molecule has 0 bridgehead atoms. The first-order chi connectivity index (χ1) is 10.5. The van der Waals surface area contributed by atoms with E-state index in [4.69, 9.17) is 4.74 Å². The van der Waals surface area contributed by atoms with Crippen LogP contribution in [0.5, 0.6) is 5.75 Å². The van der Waals surface area contributed by atoms with Crippen LogP contribution >= 0.6 is 0 Å². The van der Waals surface area contributed by atoms with Crippen molar-refractivity contribution < 1.29 is 19.4 Å². The maximum Gasteiger partial charge on any atom is 0.345 e. The van der Waals surface area contributed by atoms with E-state index in [9.17, 15) is 14.7 Å². The Kier molecular flexibility index (Phi) is 8.26. The third-order valence-electron chi connectivity index (χ3n) is 3.62. The van der Waals surface area contributed by atoms with Gasteiger partial charge in [0.2, 0.25) is 0 Å². The van der Waals surface area contributed by atoms with Gasteiger partial charge in [-0.3, -0.25) is 4.79 Å². The van der Waals surface area contributed by atoms with E-state index in [1.807, 2.05) is 0 Å². The van der Waals surface area contributed by atoms with E-state index in [-0.39, 0.29) is 17.7 Å². The van der Waals surface area contributed by atoms with E-state index in [0.717, 1.165) is 19.3 Å². The molecule has 4 nitrogen and oxygen atoms in total. The van der Waals surface area contributed by atoms with Crippen LogP contribution in [0.25, 0.3) is 0 Å². The van der Waals surface area contributed by atoms with Crippen molar-refractivity contribution in [3.8, 4) is 5.75 Å². The van der Waals surface area contributed by atoms with E-state index >= 15 is 0 Å². The fourth-order valence-electron chi connectivity index (χ4n) is 2.22. The Balaban J connectivity index is 2.24. The topological polar surface area (TPSA) is 63.6 Å². The summed E-state index contributed by atoms with van der Waals surface area (Å²) in [6, 6.07) is 4.39. The zero-order valence-electron chi connectivity index (χ0n) is 13.6. The summed E-state index contributed by atoms with van der Waals surface area (Å²) in [6.45, 7) is 3.87. The van der Waals surface area contributed by atoms with Gasteiger partial charge in [0.15, 0.2) is 0 Å². The SMILES string of the molecule is CCCCCCCCCC(=O)OC(=O)c1ccc(O)c(C)c1. The smallest absolute Gasteiger partial charge is 0.345 e. The number of aryl methyl sites for hydroxylation is 1. The Hall–Kier alpha value is -1.84. The van der Waals surface area contributed by atoms with Crippen LogP contribution in [0.15, 0.2) is 18.2 Å². The Labute approximate surface area is 132 Å². The van der Waals surface area contributed by atoms with Crippen molar-refractivity contribution >= 4 is 11.9 Å². The van der Waals surface area contributed by atoms with Crippen molar-refractivity contribution in [2.75, 3.05) is 0 Å². The highest BCUT2D eigenvalue weighted by atomic mass is 16.6. The first-order valence-corrected chi connectivity index (χ1v) is 8.09. The minimum atomic E-state index is -0.656. The Bertz CT molecular complexity index is 494. The highest BCUT2D eigenvalue weighted by molar-refractivity contribution is 5.97. The molecule has 0 spiro atoms. The second-order valence-electron chi connectivity index (χ2n) is 5.63. The molecule has 1 rings (SSSR count). The standard InChI is InChI=1S/C18H26O4/c1-3-4-5-6-7-8-9-10-17(20)22-18(21)15-11-12-16(19)14(2)13-15/h11-13,19H,3-10H2,1-2H3. The van der Waals surface area contributed by atoms with Gasteiger partial charge < -0.3 is 9.84 Å². The molecule has 0 radical (unpaired) electrons. The monoisotopic (exact) mass is 306 g/mol. The van der Waals surface area contributed by atoms with Crippen LogP contribution in [0.1, 0.15) is 74.2 Å². The molecule has 0 saturated heterocycles. The van der Waals surface area contributed by atoms with Gasteiger partial charge in [0.1, 0.15) is 5.75 Å². The van der Waals surface area contributed by atoms with Crippen LogP contribution in [-0.4, -0.2) is 17.0 Å². The summed E-state index contributed by atoms with van der Waals surface area (Å²) in [4.78, 5) is 23.4. The fraction of sp³-hybridized carbons (Fsp3) is 0.556. The molecule has 0 aliphatic heterocycles. The molecule has 1 aromatic rings. The molecule has 1 N–H and O–H groups in total. The van der Waals surface area contributed by atoms with Gasteiger partial charge in [0.25, 0.3) is 0 Å². The lowest BCUT2D eigenvalue weighted by molar-refractivity contribution is -0.138. The molecular formula is C18H26O4. The van der Waals surface area contributed by atoms with Crippen LogP contribution < -0.4 is 0 Å². The molecule has 1 aromatic carbocycles. The Morgan fingerprint density at radius 3 is 2.32 bits per heavy atom. The largest absolute Gasteiger partial charge is 0.508 e. The lowest BCUT2D eigenvalue weighted by Crippen LogP contribution is -2.12. The van der Waals surface area contributed by atoms with Crippen LogP contribution in [0, 0.1) is 6.92 Å². The predicted molar refractivity (Wildman–Crippen MR) is 85.9 cm³/mol. The minimum Gasteiger partial charge on any atom is -0.508 e.